The Balaban J connectivity index is 1.65. The Morgan fingerprint density at radius 3 is 2.16 bits per heavy atom. The number of furan rings is 1. The topological polar surface area (TPSA) is 13.1 Å². The van der Waals surface area contributed by atoms with E-state index in [1.54, 1.807) is 0 Å². The number of rotatable bonds is 2. The Hall–Kier alpha value is -4.33. The van der Waals surface area contributed by atoms with Crippen LogP contribution >= 0.6 is 11.6 Å². The summed E-state index contributed by atoms with van der Waals surface area (Å²) in [4.78, 5) is 0. The Kier molecular flexibility index (Phi) is 4.27. The van der Waals surface area contributed by atoms with Crippen LogP contribution in [0.1, 0.15) is 22.3 Å². The molecule has 0 aliphatic heterocycles. The van der Waals surface area contributed by atoms with E-state index in [0.29, 0.717) is 5.02 Å². The molecule has 0 saturated heterocycles. The van der Waals surface area contributed by atoms with Gasteiger partial charge in [0, 0.05) is 21.9 Å². The van der Waals surface area contributed by atoms with Crippen LogP contribution < -0.4 is 0 Å². The van der Waals surface area contributed by atoms with Crippen molar-refractivity contribution >= 4 is 44.3 Å². The van der Waals surface area contributed by atoms with Gasteiger partial charge >= 0.3 is 0 Å². The minimum atomic E-state index is -0.562. The maximum absolute atomic E-state index is 6.87. The van der Waals surface area contributed by atoms with Crippen LogP contribution in [-0.4, -0.2) is 0 Å². The van der Waals surface area contributed by atoms with Crippen LogP contribution in [0.5, 0.6) is 0 Å². The molecule has 37 heavy (non-hydrogen) atoms. The summed E-state index contributed by atoms with van der Waals surface area (Å²) in [7, 11) is 0. The van der Waals surface area contributed by atoms with E-state index in [1.165, 1.54) is 38.6 Å². The van der Waals surface area contributed by atoms with Gasteiger partial charge in [-0.05, 0) is 56.3 Å². The first-order chi connectivity index (χ1) is 18.3. The van der Waals surface area contributed by atoms with Crippen LogP contribution in [0.25, 0.3) is 43.8 Å². The molecule has 1 nitrogen and oxygen atoms in total. The maximum Gasteiger partial charge on any atom is 0.137 e. The molecule has 0 radical (unpaired) electrons. The highest BCUT2D eigenvalue weighted by molar-refractivity contribution is 6.32. The highest BCUT2D eigenvalue weighted by Gasteiger charge is 2.48. The largest absolute Gasteiger partial charge is 0.456 e. The standard InChI is InChI=1S/C35H21ClO/c36-24-20-30(34-27-15-7-9-17-31(27)37-32(34)21-24)35(23-11-2-1-3-12-23)28-16-8-6-14-26(28)33-25-13-5-4-10-22(25)18-19-29(33)35/h1-21H. The van der Waals surface area contributed by atoms with Crippen molar-refractivity contribution in [3.8, 4) is 11.1 Å². The van der Waals surface area contributed by atoms with Gasteiger partial charge in [-0.15, -0.1) is 0 Å². The average molecular weight is 493 g/mol. The zero-order valence-corrected chi connectivity index (χ0v) is 20.7. The predicted molar refractivity (Wildman–Crippen MR) is 154 cm³/mol. The normalized spacial score (nSPS) is 16.4. The Labute approximate surface area is 219 Å². The average Bonchev–Trinajstić information content (AvgIpc) is 3.47. The van der Waals surface area contributed by atoms with Crippen LogP contribution in [0, 0.1) is 0 Å². The molecule has 2 heteroatoms. The summed E-state index contributed by atoms with van der Waals surface area (Å²) >= 11 is 6.87. The van der Waals surface area contributed by atoms with Crippen LogP contribution in [-0.2, 0) is 5.41 Å². The third-order valence-corrected chi connectivity index (χ3v) is 8.21. The lowest BCUT2D eigenvalue weighted by molar-refractivity contribution is 0.667. The minimum absolute atomic E-state index is 0.562. The molecule has 1 atom stereocenters. The van der Waals surface area contributed by atoms with E-state index in [0.717, 1.165) is 27.5 Å². The van der Waals surface area contributed by atoms with Gasteiger partial charge in [-0.1, -0.05) is 121 Å². The number of fused-ring (bicyclic) bond motifs is 8. The highest BCUT2D eigenvalue weighted by atomic mass is 35.5. The summed E-state index contributed by atoms with van der Waals surface area (Å²) in [6.07, 6.45) is 0. The van der Waals surface area contributed by atoms with Crippen molar-refractivity contribution in [1.82, 2.24) is 0 Å². The van der Waals surface area contributed by atoms with Crippen LogP contribution in [0.3, 0.4) is 0 Å². The van der Waals surface area contributed by atoms with Gasteiger partial charge in [0.15, 0.2) is 0 Å². The second-order valence-corrected chi connectivity index (χ2v) is 10.2. The lowest BCUT2D eigenvalue weighted by Gasteiger charge is -2.34. The fraction of sp³-hybridized carbons (Fsp3) is 0.0286. The fourth-order valence-corrected chi connectivity index (χ4v) is 6.82. The van der Waals surface area contributed by atoms with Crippen molar-refractivity contribution < 1.29 is 4.42 Å². The summed E-state index contributed by atoms with van der Waals surface area (Å²) in [6.45, 7) is 0. The smallest absolute Gasteiger partial charge is 0.137 e. The van der Waals surface area contributed by atoms with Crippen molar-refractivity contribution in [2.75, 3.05) is 0 Å². The van der Waals surface area contributed by atoms with Gasteiger partial charge < -0.3 is 4.42 Å². The molecule has 7 aromatic rings. The van der Waals surface area contributed by atoms with Gasteiger partial charge in [-0.3, -0.25) is 0 Å². The Morgan fingerprint density at radius 2 is 1.27 bits per heavy atom. The van der Waals surface area contributed by atoms with Gasteiger partial charge in [-0.25, -0.2) is 0 Å². The number of benzene rings is 6. The first-order valence-electron chi connectivity index (χ1n) is 12.6. The van der Waals surface area contributed by atoms with Gasteiger partial charge in [0.25, 0.3) is 0 Å². The lowest BCUT2D eigenvalue weighted by Crippen LogP contribution is -2.28. The maximum atomic E-state index is 6.87. The molecule has 1 unspecified atom stereocenters. The van der Waals surface area contributed by atoms with E-state index in [-0.39, 0.29) is 0 Å². The Morgan fingerprint density at radius 1 is 0.541 bits per heavy atom. The predicted octanol–water partition coefficient (Wildman–Crippen LogP) is 9.76. The van der Waals surface area contributed by atoms with E-state index in [9.17, 15) is 0 Å². The fourth-order valence-electron chi connectivity index (χ4n) is 6.61. The second-order valence-electron chi connectivity index (χ2n) is 9.80. The van der Waals surface area contributed by atoms with Gasteiger partial charge in [0.2, 0.25) is 0 Å². The summed E-state index contributed by atoms with van der Waals surface area (Å²) in [6, 6.07) is 45.3. The van der Waals surface area contributed by atoms with E-state index < -0.39 is 5.41 Å². The van der Waals surface area contributed by atoms with E-state index in [1.807, 2.05) is 18.2 Å². The molecule has 174 valence electrons. The van der Waals surface area contributed by atoms with E-state index in [4.69, 9.17) is 16.0 Å². The van der Waals surface area contributed by atoms with Gasteiger partial charge in [-0.2, -0.15) is 0 Å². The van der Waals surface area contributed by atoms with Gasteiger partial charge in [0.05, 0.1) is 5.41 Å². The lowest BCUT2D eigenvalue weighted by atomic mass is 9.66. The molecule has 1 aromatic heterocycles. The van der Waals surface area contributed by atoms with Crippen LogP contribution in [0.2, 0.25) is 5.02 Å². The van der Waals surface area contributed by atoms with E-state index >= 15 is 0 Å². The molecule has 0 bridgehead atoms. The quantitative estimate of drug-likeness (QED) is 0.234. The molecule has 1 heterocycles. The molecule has 1 aliphatic rings. The Bertz CT molecular complexity index is 2000. The molecule has 8 rings (SSSR count). The molecular weight excluding hydrogens is 472 g/mol. The summed E-state index contributed by atoms with van der Waals surface area (Å²) in [5, 5.41) is 5.39. The number of para-hydroxylation sites is 1. The van der Waals surface area contributed by atoms with Crippen molar-refractivity contribution in [3.05, 3.63) is 155 Å². The molecule has 0 N–H and O–H groups in total. The molecule has 0 spiro atoms. The third-order valence-electron chi connectivity index (χ3n) is 7.99. The van der Waals surface area contributed by atoms with E-state index in [2.05, 4.69) is 109 Å². The van der Waals surface area contributed by atoms with Crippen LogP contribution in [0.4, 0.5) is 0 Å². The zero-order chi connectivity index (χ0) is 24.6. The zero-order valence-electron chi connectivity index (χ0n) is 19.9. The molecule has 6 aromatic carbocycles. The monoisotopic (exact) mass is 492 g/mol. The number of halogens is 1. The van der Waals surface area contributed by atoms with Crippen molar-refractivity contribution in [3.63, 3.8) is 0 Å². The molecular formula is C35H21ClO. The van der Waals surface area contributed by atoms with Crippen molar-refractivity contribution in [1.29, 1.82) is 0 Å². The van der Waals surface area contributed by atoms with Crippen LogP contribution in [0.15, 0.2) is 132 Å². The summed E-state index contributed by atoms with van der Waals surface area (Å²) in [5.41, 5.74) is 8.57. The highest BCUT2D eigenvalue weighted by Crippen LogP contribution is 2.59. The van der Waals surface area contributed by atoms with Gasteiger partial charge in [0.1, 0.15) is 11.2 Å². The minimum Gasteiger partial charge on any atom is -0.456 e. The summed E-state index contributed by atoms with van der Waals surface area (Å²) in [5.74, 6) is 0. The second kappa shape index (κ2) is 7.59. The number of hydrogen-bond acceptors (Lipinski definition) is 1. The third kappa shape index (κ3) is 2.70. The molecule has 0 fully saturated rings. The molecule has 0 saturated carbocycles. The molecule has 0 amide bonds. The van der Waals surface area contributed by atoms with Crippen molar-refractivity contribution in [2.24, 2.45) is 0 Å². The SMILES string of the molecule is Clc1cc(C2(c3ccccc3)c3ccccc3-c3c2ccc2ccccc32)c2c(c1)oc1ccccc12. The molecule has 1 aliphatic carbocycles. The van der Waals surface area contributed by atoms with Crippen molar-refractivity contribution in [2.45, 2.75) is 5.41 Å². The first kappa shape index (κ1) is 20.8. The summed E-state index contributed by atoms with van der Waals surface area (Å²) < 4.78 is 6.38. The number of hydrogen-bond donors (Lipinski definition) is 0. The first-order valence-corrected chi connectivity index (χ1v) is 12.9.